The monoisotopic (exact) mass is 350 g/mol. The number of rotatable bonds is 4. The van der Waals surface area contributed by atoms with Gasteiger partial charge in [-0.3, -0.25) is 9.59 Å². The van der Waals surface area contributed by atoms with Gasteiger partial charge in [0.1, 0.15) is 5.01 Å². The largest absolute Gasteiger partial charge is 0.469 e. The molecule has 7 heteroatoms. The number of hydrogen-bond donors (Lipinski definition) is 0. The minimum absolute atomic E-state index is 0.0752. The number of carbonyl (C=O) groups is 2. The Kier molecular flexibility index (Phi) is 5.07. The van der Waals surface area contributed by atoms with Gasteiger partial charge in [-0.05, 0) is 24.3 Å². The number of amides is 1. The van der Waals surface area contributed by atoms with E-state index in [2.05, 4.69) is 4.98 Å². The second kappa shape index (κ2) is 7.23. The van der Waals surface area contributed by atoms with Crippen molar-refractivity contribution in [3.05, 3.63) is 28.6 Å². The van der Waals surface area contributed by atoms with Crippen molar-refractivity contribution in [1.82, 2.24) is 9.88 Å². The SMILES string of the molecule is COC(=O)C1CCN(C(=O)Cc2csc(-c3cccs3)n2)CC1. The summed E-state index contributed by atoms with van der Waals surface area (Å²) in [6.07, 6.45) is 1.68. The fourth-order valence-electron chi connectivity index (χ4n) is 2.70. The second-order valence-electron chi connectivity index (χ2n) is 5.48. The minimum atomic E-state index is -0.169. The van der Waals surface area contributed by atoms with Crippen LogP contribution in [0, 0.1) is 5.92 Å². The third kappa shape index (κ3) is 3.79. The zero-order valence-corrected chi connectivity index (χ0v) is 14.5. The van der Waals surface area contributed by atoms with Gasteiger partial charge in [0, 0.05) is 18.5 Å². The predicted molar refractivity (Wildman–Crippen MR) is 90.5 cm³/mol. The summed E-state index contributed by atoms with van der Waals surface area (Å²) in [6.45, 7) is 1.22. The van der Waals surface area contributed by atoms with Crippen molar-refractivity contribution in [2.45, 2.75) is 19.3 Å². The summed E-state index contributed by atoms with van der Waals surface area (Å²) < 4.78 is 4.77. The van der Waals surface area contributed by atoms with E-state index in [1.165, 1.54) is 7.11 Å². The molecule has 3 rings (SSSR count). The quantitative estimate of drug-likeness (QED) is 0.796. The molecule has 2 aromatic rings. The molecule has 0 saturated carbocycles. The summed E-state index contributed by atoms with van der Waals surface area (Å²) in [6, 6.07) is 4.03. The molecule has 23 heavy (non-hydrogen) atoms. The average molecular weight is 350 g/mol. The highest BCUT2D eigenvalue weighted by molar-refractivity contribution is 7.20. The number of nitrogens with zero attached hydrogens (tertiary/aromatic N) is 2. The van der Waals surface area contributed by atoms with E-state index in [0.717, 1.165) is 15.6 Å². The van der Waals surface area contributed by atoms with E-state index in [9.17, 15) is 9.59 Å². The van der Waals surface area contributed by atoms with Gasteiger partial charge >= 0.3 is 5.97 Å². The molecule has 0 aromatic carbocycles. The first-order valence-electron chi connectivity index (χ1n) is 7.51. The van der Waals surface area contributed by atoms with E-state index in [1.807, 2.05) is 27.8 Å². The Hall–Kier alpha value is -1.73. The van der Waals surface area contributed by atoms with Gasteiger partial charge in [0.25, 0.3) is 0 Å². The summed E-state index contributed by atoms with van der Waals surface area (Å²) in [5.74, 6) is -0.165. The number of thiophene rings is 1. The number of ether oxygens (including phenoxy) is 1. The van der Waals surface area contributed by atoms with Crippen molar-refractivity contribution in [3.63, 3.8) is 0 Å². The molecule has 0 N–H and O–H groups in total. The number of piperidine rings is 1. The summed E-state index contributed by atoms with van der Waals surface area (Å²) >= 11 is 3.22. The number of esters is 1. The van der Waals surface area contributed by atoms with Crippen LogP contribution in [0.15, 0.2) is 22.9 Å². The lowest BCUT2D eigenvalue weighted by molar-refractivity contribution is -0.148. The molecule has 2 aromatic heterocycles. The van der Waals surface area contributed by atoms with Crippen LogP contribution >= 0.6 is 22.7 Å². The average Bonchev–Trinajstić information content (AvgIpc) is 3.25. The third-order valence-electron chi connectivity index (χ3n) is 4.00. The first-order chi connectivity index (χ1) is 11.2. The van der Waals surface area contributed by atoms with Gasteiger partial charge in [0.05, 0.1) is 30.0 Å². The van der Waals surface area contributed by atoms with Crippen LogP contribution in [0.25, 0.3) is 9.88 Å². The number of thiazole rings is 1. The molecule has 0 unspecified atom stereocenters. The highest BCUT2D eigenvalue weighted by atomic mass is 32.1. The van der Waals surface area contributed by atoms with Crippen LogP contribution in [0.4, 0.5) is 0 Å². The number of carbonyl (C=O) groups excluding carboxylic acids is 2. The maximum atomic E-state index is 12.4. The Bertz CT molecular complexity index is 673. The lowest BCUT2D eigenvalue weighted by Gasteiger charge is -2.30. The van der Waals surface area contributed by atoms with E-state index in [0.29, 0.717) is 32.4 Å². The Labute approximate surface area is 142 Å². The number of aromatic nitrogens is 1. The molecular formula is C16H18N2O3S2. The molecule has 0 aliphatic carbocycles. The maximum absolute atomic E-state index is 12.4. The molecule has 0 radical (unpaired) electrons. The van der Waals surface area contributed by atoms with Gasteiger partial charge in [0.15, 0.2) is 0 Å². The van der Waals surface area contributed by atoms with Crippen LogP contribution in [-0.4, -0.2) is 42.0 Å². The Morgan fingerprint density at radius 3 is 2.78 bits per heavy atom. The Balaban J connectivity index is 1.55. The zero-order valence-electron chi connectivity index (χ0n) is 12.9. The van der Waals surface area contributed by atoms with Crippen LogP contribution in [0.3, 0.4) is 0 Å². The summed E-state index contributed by atoms with van der Waals surface area (Å²) in [4.78, 5) is 31.4. The van der Waals surface area contributed by atoms with Gasteiger partial charge in [-0.2, -0.15) is 0 Å². The lowest BCUT2D eigenvalue weighted by Crippen LogP contribution is -2.41. The summed E-state index contributed by atoms with van der Waals surface area (Å²) in [7, 11) is 1.41. The van der Waals surface area contributed by atoms with E-state index in [1.54, 1.807) is 22.7 Å². The maximum Gasteiger partial charge on any atom is 0.308 e. The lowest BCUT2D eigenvalue weighted by atomic mass is 9.97. The molecule has 1 amide bonds. The first kappa shape index (κ1) is 16.1. The topological polar surface area (TPSA) is 59.5 Å². The number of hydrogen-bond acceptors (Lipinski definition) is 6. The standard InChI is InChI=1S/C16H18N2O3S2/c1-21-16(20)11-4-6-18(7-5-11)14(19)9-12-10-23-15(17-12)13-3-2-8-22-13/h2-3,8,10-11H,4-7,9H2,1H3. The van der Waals surface area contributed by atoms with Gasteiger partial charge in [-0.15, -0.1) is 22.7 Å². The number of likely N-dealkylation sites (tertiary alicyclic amines) is 1. The van der Waals surface area contributed by atoms with Crippen LogP contribution in [0.2, 0.25) is 0 Å². The molecule has 0 bridgehead atoms. The van der Waals surface area contributed by atoms with E-state index in [4.69, 9.17) is 4.74 Å². The number of methoxy groups -OCH3 is 1. The third-order valence-corrected chi connectivity index (χ3v) is 5.93. The van der Waals surface area contributed by atoms with Crippen molar-refractivity contribution < 1.29 is 14.3 Å². The van der Waals surface area contributed by atoms with Gasteiger partial charge < -0.3 is 9.64 Å². The van der Waals surface area contributed by atoms with Gasteiger partial charge in [-0.25, -0.2) is 4.98 Å². The predicted octanol–water partition coefficient (Wildman–Crippen LogP) is 2.83. The second-order valence-corrected chi connectivity index (χ2v) is 7.28. The van der Waals surface area contributed by atoms with Crippen LogP contribution in [-0.2, 0) is 20.7 Å². The van der Waals surface area contributed by atoms with E-state index in [-0.39, 0.29) is 17.8 Å². The molecule has 1 saturated heterocycles. The fraction of sp³-hybridized carbons (Fsp3) is 0.438. The van der Waals surface area contributed by atoms with Crippen LogP contribution in [0.1, 0.15) is 18.5 Å². The molecular weight excluding hydrogens is 332 g/mol. The first-order valence-corrected chi connectivity index (χ1v) is 9.27. The van der Waals surface area contributed by atoms with Crippen LogP contribution in [0.5, 0.6) is 0 Å². The highest BCUT2D eigenvalue weighted by Crippen LogP contribution is 2.28. The molecule has 1 aliphatic heterocycles. The fourth-order valence-corrected chi connectivity index (χ4v) is 4.33. The highest BCUT2D eigenvalue weighted by Gasteiger charge is 2.28. The van der Waals surface area contributed by atoms with Gasteiger partial charge in [0.2, 0.25) is 5.91 Å². The van der Waals surface area contributed by atoms with E-state index < -0.39 is 0 Å². The molecule has 3 heterocycles. The molecule has 0 spiro atoms. The van der Waals surface area contributed by atoms with Crippen molar-refractivity contribution in [3.8, 4) is 9.88 Å². The summed E-state index contributed by atoms with van der Waals surface area (Å²) in [5.41, 5.74) is 0.818. The van der Waals surface area contributed by atoms with Crippen molar-refractivity contribution in [1.29, 1.82) is 0 Å². The van der Waals surface area contributed by atoms with Gasteiger partial charge in [-0.1, -0.05) is 6.07 Å². The molecule has 5 nitrogen and oxygen atoms in total. The normalized spacial score (nSPS) is 15.6. The molecule has 0 atom stereocenters. The summed E-state index contributed by atoms with van der Waals surface area (Å²) in [5, 5.41) is 4.94. The Morgan fingerprint density at radius 1 is 1.35 bits per heavy atom. The zero-order chi connectivity index (χ0) is 16.2. The van der Waals surface area contributed by atoms with Crippen molar-refractivity contribution in [2.75, 3.05) is 20.2 Å². The minimum Gasteiger partial charge on any atom is -0.469 e. The molecule has 1 aliphatic rings. The Morgan fingerprint density at radius 2 is 2.13 bits per heavy atom. The van der Waals surface area contributed by atoms with Crippen LogP contribution < -0.4 is 0 Å². The molecule has 122 valence electrons. The smallest absolute Gasteiger partial charge is 0.308 e. The molecule has 1 fully saturated rings. The van der Waals surface area contributed by atoms with E-state index >= 15 is 0 Å². The van der Waals surface area contributed by atoms with Crippen molar-refractivity contribution in [2.24, 2.45) is 5.92 Å². The van der Waals surface area contributed by atoms with Crippen molar-refractivity contribution >= 4 is 34.6 Å².